The first-order valence-electron chi connectivity index (χ1n) is 7.91. The van der Waals surface area contributed by atoms with Crippen molar-refractivity contribution in [2.24, 2.45) is 5.92 Å². The zero-order valence-corrected chi connectivity index (χ0v) is 14.8. The van der Waals surface area contributed by atoms with E-state index in [-0.39, 0.29) is 5.92 Å². The lowest BCUT2D eigenvalue weighted by atomic mass is 9.97. The van der Waals surface area contributed by atoms with Gasteiger partial charge < -0.3 is 0 Å². The molecule has 1 atom stereocenters. The minimum Gasteiger partial charge on any atom is -0.226 e. The van der Waals surface area contributed by atoms with Crippen molar-refractivity contribution in [3.05, 3.63) is 16.3 Å². The second kappa shape index (κ2) is 7.29. The van der Waals surface area contributed by atoms with Gasteiger partial charge in [0.25, 0.3) is 0 Å². The summed E-state index contributed by atoms with van der Waals surface area (Å²) >= 11 is 3.46. The summed E-state index contributed by atoms with van der Waals surface area (Å²) in [6.45, 7) is 1.93. The molecule has 0 aromatic carbocycles. The molecule has 118 valence electrons. The number of thioether (sulfide) groups is 1. The maximum atomic E-state index is 9.25. The lowest BCUT2D eigenvalue weighted by Gasteiger charge is -2.12. The molecule has 6 heteroatoms. The average Bonchev–Trinajstić information content (AvgIpc) is 2.92. The lowest BCUT2D eigenvalue weighted by Crippen LogP contribution is -2.03. The van der Waals surface area contributed by atoms with Crippen LogP contribution in [0.2, 0.25) is 0 Å². The number of aryl methyl sites for hydroxylation is 3. The highest BCUT2D eigenvalue weighted by Crippen LogP contribution is 2.40. The Bertz CT molecular complexity index is 797. The third-order valence-electron chi connectivity index (χ3n) is 4.10. The van der Waals surface area contributed by atoms with Gasteiger partial charge in [-0.15, -0.1) is 23.1 Å². The lowest BCUT2D eigenvalue weighted by molar-refractivity contribution is 0.685. The molecule has 2 aromatic rings. The summed E-state index contributed by atoms with van der Waals surface area (Å²) in [6, 6.07) is 4.44. The molecule has 4 nitrogen and oxygen atoms in total. The minimum absolute atomic E-state index is 0.0977. The van der Waals surface area contributed by atoms with Crippen LogP contribution in [0.1, 0.15) is 41.9 Å². The van der Waals surface area contributed by atoms with Crippen LogP contribution < -0.4 is 0 Å². The monoisotopic (exact) mass is 342 g/mol. The Labute approximate surface area is 144 Å². The summed E-state index contributed by atoms with van der Waals surface area (Å²) < 4.78 is 0. The molecule has 0 aliphatic heterocycles. The van der Waals surface area contributed by atoms with Crippen LogP contribution in [0, 0.1) is 35.5 Å². The van der Waals surface area contributed by atoms with Crippen molar-refractivity contribution in [2.75, 3.05) is 5.75 Å². The Kier molecular flexibility index (Phi) is 5.15. The van der Waals surface area contributed by atoms with E-state index in [0.29, 0.717) is 18.6 Å². The van der Waals surface area contributed by atoms with Gasteiger partial charge >= 0.3 is 0 Å². The molecular weight excluding hydrogens is 324 g/mol. The van der Waals surface area contributed by atoms with Crippen LogP contribution in [0.3, 0.4) is 0 Å². The molecule has 0 amide bonds. The summed E-state index contributed by atoms with van der Waals surface area (Å²) in [4.78, 5) is 11.8. The topological polar surface area (TPSA) is 73.4 Å². The van der Waals surface area contributed by atoms with Gasteiger partial charge in [0, 0.05) is 22.4 Å². The smallest absolute Gasteiger partial charge is 0.128 e. The third kappa shape index (κ3) is 3.49. The molecule has 2 aromatic heterocycles. The number of thiophene rings is 1. The summed E-state index contributed by atoms with van der Waals surface area (Å²) in [5.74, 6) is 1.39. The fourth-order valence-electron chi connectivity index (χ4n) is 2.93. The van der Waals surface area contributed by atoms with Crippen molar-refractivity contribution in [3.63, 3.8) is 0 Å². The first-order valence-corrected chi connectivity index (χ1v) is 9.71. The molecule has 0 saturated carbocycles. The molecule has 0 bridgehead atoms. The van der Waals surface area contributed by atoms with Gasteiger partial charge in [0.05, 0.1) is 18.1 Å². The van der Waals surface area contributed by atoms with Crippen molar-refractivity contribution in [1.82, 2.24) is 9.97 Å². The molecule has 1 aliphatic rings. The van der Waals surface area contributed by atoms with Crippen molar-refractivity contribution >= 4 is 33.3 Å². The van der Waals surface area contributed by atoms with E-state index in [9.17, 15) is 5.26 Å². The van der Waals surface area contributed by atoms with Gasteiger partial charge in [0.2, 0.25) is 0 Å². The molecule has 0 saturated heterocycles. The normalized spacial score (nSPS) is 14.9. The highest BCUT2D eigenvalue weighted by Gasteiger charge is 2.21. The maximum absolute atomic E-state index is 9.25. The van der Waals surface area contributed by atoms with Gasteiger partial charge in [-0.05, 0) is 44.6 Å². The van der Waals surface area contributed by atoms with Gasteiger partial charge in [0.1, 0.15) is 15.7 Å². The first kappa shape index (κ1) is 16.2. The van der Waals surface area contributed by atoms with Crippen molar-refractivity contribution < 1.29 is 0 Å². The van der Waals surface area contributed by atoms with E-state index in [2.05, 4.69) is 22.1 Å². The second-order valence-electron chi connectivity index (χ2n) is 5.80. The van der Waals surface area contributed by atoms with Gasteiger partial charge in [-0.25, -0.2) is 9.97 Å². The SMILES string of the molecule is Cc1nc(SC[C@@H](C#N)CCC#N)c2c3c(sc2n1)CCCC3. The van der Waals surface area contributed by atoms with E-state index in [1.165, 1.54) is 28.7 Å². The minimum atomic E-state index is -0.0977. The Morgan fingerprint density at radius 2 is 2.09 bits per heavy atom. The molecule has 3 rings (SSSR count). The molecule has 0 N–H and O–H groups in total. The second-order valence-corrected chi connectivity index (χ2v) is 7.89. The van der Waals surface area contributed by atoms with Crippen molar-refractivity contribution in [3.8, 4) is 12.1 Å². The molecule has 0 spiro atoms. The predicted molar refractivity (Wildman–Crippen MR) is 93.5 cm³/mol. The number of hydrogen-bond donors (Lipinski definition) is 0. The van der Waals surface area contributed by atoms with Gasteiger partial charge in [0.15, 0.2) is 0 Å². The van der Waals surface area contributed by atoms with Crippen LogP contribution >= 0.6 is 23.1 Å². The number of aromatic nitrogens is 2. The van der Waals surface area contributed by atoms with Crippen LogP contribution in [-0.2, 0) is 12.8 Å². The number of hydrogen-bond acceptors (Lipinski definition) is 6. The average molecular weight is 342 g/mol. The zero-order valence-electron chi connectivity index (χ0n) is 13.1. The van der Waals surface area contributed by atoms with Crippen LogP contribution in [0.4, 0.5) is 0 Å². The van der Waals surface area contributed by atoms with Crippen molar-refractivity contribution in [1.29, 1.82) is 10.5 Å². The number of rotatable bonds is 5. The van der Waals surface area contributed by atoms with Crippen LogP contribution in [0.15, 0.2) is 5.03 Å². The van der Waals surface area contributed by atoms with Gasteiger partial charge in [-0.2, -0.15) is 10.5 Å². The van der Waals surface area contributed by atoms with E-state index < -0.39 is 0 Å². The fraction of sp³-hybridized carbons (Fsp3) is 0.529. The standard InChI is InChI=1S/C17H18N4S2/c1-11-20-16(22-10-12(9-19)5-4-8-18)15-13-6-2-3-7-14(13)23-17(15)21-11/h12H,2-7,10H2,1H3/t12-/m1/s1. The summed E-state index contributed by atoms with van der Waals surface area (Å²) in [5, 5.41) is 20.2. The Balaban J connectivity index is 1.89. The Morgan fingerprint density at radius 3 is 2.87 bits per heavy atom. The number of nitrogens with zero attached hydrogens (tertiary/aromatic N) is 4. The first-order chi connectivity index (χ1) is 11.2. The van der Waals surface area contributed by atoms with E-state index in [4.69, 9.17) is 5.26 Å². The number of nitriles is 2. The highest BCUT2D eigenvalue weighted by molar-refractivity contribution is 7.99. The van der Waals surface area contributed by atoms with E-state index in [0.717, 1.165) is 28.5 Å². The summed E-state index contributed by atoms with van der Waals surface area (Å²) in [5.41, 5.74) is 1.43. The molecule has 1 aliphatic carbocycles. The molecule has 0 radical (unpaired) electrons. The van der Waals surface area contributed by atoms with Crippen molar-refractivity contribution in [2.45, 2.75) is 50.5 Å². The zero-order chi connectivity index (χ0) is 16.2. The molecular formula is C17H18N4S2. The van der Waals surface area contributed by atoms with Crippen LogP contribution in [-0.4, -0.2) is 15.7 Å². The quantitative estimate of drug-likeness (QED) is 0.594. The molecule has 23 heavy (non-hydrogen) atoms. The Hall–Kier alpha value is -1.63. The van der Waals surface area contributed by atoms with Gasteiger partial charge in [-0.3, -0.25) is 0 Å². The van der Waals surface area contributed by atoms with E-state index in [1.807, 2.05) is 18.3 Å². The summed E-state index contributed by atoms with van der Waals surface area (Å²) in [7, 11) is 0. The van der Waals surface area contributed by atoms with E-state index >= 15 is 0 Å². The van der Waals surface area contributed by atoms with E-state index in [1.54, 1.807) is 11.8 Å². The van der Waals surface area contributed by atoms with Crippen LogP contribution in [0.25, 0.3) is 10.2 Å². The van der Waals surface area contributed by atoms with Gasteiger partial charge in [-0.1, -0.05) is 0 Å². The fourth-order valence-corrected chi connectivity index (χ4v) is 5.47. The number of fused-ring (bicyclic) bond motifs is 3. The third-order valence-corrected chi connectivity index (χ3v) is 6.43. The van der Waals surface area contributed by atoms with Crippen LogP contribution in [0.5, 0.6) is 0 Å². The Morgan fingerprint density at radius 1 is 1.26 bits per heavy atom. The molecule has 0 fully saturated rings. The molecule has 2 heterocycles. The molecule has 0 unspecified atom stereocenters. The maximum Gasteiger partial charge on any atom is 0.128 e. The largest absolute Gasteiger partial charge is 0.226 e. The summed E-state index contributed by atoms with van der Waals surface area (Å²) in [6.07, 6.45) is 5.84. The highest BCUT2D eigenvalue weighted by atomic mass is 32.2. The predicted octanol–water partition coefficient (Wildman–Crippen LogP) is 4.41.